The second kappa shape index (κ2) is 6.05. The van der Waals surface area contributed by atoms with E-state index in [9.17, 15) is 9.59 Å². The predicted octanol–water partition coefficient (Wildman–Crippen LogP) is 2.54. The molecule has 114 valence electrons. The Hall–Kier alpha value is -2.56. The molecule has 0 radical (unpaired) electrons. The SMILES string of the molecule is CC1=CC(O/C=C2\CCCN(c3ccccc3)C2=O)OC1=O. The van der Waals surface area contributed by atoms with Gasteiger partial charge in [0.15, 0.2) is 0 Å². The highest BCUT2D eigenvalue weighted by atomic mass is 16.7. The van der Waals surface area contributed by atoms with E-state index in [-0.39, 0.29) is 11.9 Å². The summed E-state index contributed by atoms with van der Waals surface area (Å²) >= 11 is 0. The molecular weight excluding hydrogens is 282 g/mol. The molecule has 2 aliphatic heterocycles. The molecule has 0 bridgehead atoms. The third-order valence-corrected chi connectivity index (χ3v) is 3.69. The summed E-state index contributed by atoms with van der Waals surface area (Å²) in [6, 6.07) is 9.55. The predicted molar refractivity (Wildman–Crippen MR) is 80.8 cm³/mol. The van der Waals surface area contributed by atoms with Crippen LogP contribution >= 0.6 is 0 Å². The van der Waals surface area contributed by atoms with E-state index in [4.69, 9.17) is 9.47 Å². The molecule has 1 unspecified atom stereocenters. The number of carbonyl (C=O) groups is 2. The number of ether oxygens (including phenoxy) is 2. The second-order valence-corrected chi connectivity index (χ2v) is 5.30. The fourth-order valence-electron chi connectivity index (χ4n) is 2.49. The number of amides is 1. The molecule has 0 saturated carbocycles. The number of hydrogen-bond acceptors (Lipinski definition) is 4. The normalized spacial score (nSPS) is 23.5. The number of rotatable bonds is 3. The number of benzene rings is 1. The summed E-state index contributed by atoms with van der Waals surface area (Å²) in [4.78, 5) is 25.5. The second-order valence-electron chi connectivity index (χ2n) is 5.30. The van der Waals surface area contributed by atoms with E-state index in [0.717, 1.165) is 12.1 Å². The van der Waals surface area contributed by atoms with E-state index >= 15 is 0 Å². The number of nitrogens with zero attached hydrogens (tertiary/aromatic N) is 1. The van der Waals surface area contributed by atoms with E-state index in [1.165, 1.54) is 6.26 Å². The number of piperidine rings is 1. The van der Waals surface area contributed by atoms with Crippen LogP contribution < -0.4 is 4.90 Å². The van der Waals surface area contributed by atoms with Gasteiger partial charge < -0.3 is 14.4 Å². The Balaban J connectivity index is 1.70. The molecule has 1 aromatic rings. The van der Waals surface area contributed by atoms with Crippen molar-refractivity contribution >= 4 is 17.6 Å². The zero-order valence-corrected chi connectivity index (χ0v) is 12.3. The van der Waals surface area contributed by atoms with Gasteiger partial charge in [0.25, 0.3) is 12.2 Å². The van der Waals surface area contributed by atoms with Gasteiger partial charge >= 0.3 is 5.97 Å². The zero-order chi connectivity index (χ0) is 15.5. The summed E-state index contributed by atoms with van der Waals surface area (Å²) in [6.45, 7) is 2.36. The van der Waals surface area contributed by atoms with E-state index in [2.05, 4.69) is 0 Å². The lowest BCUT2D eigenvalue weighted by Crippen LogP contribution is -2.37. The van der Waals surface area contributed by atoms with Crippen molar-refractivity contribution in [2.45, 2.75) is 26.1 Å². The Morgan fingerprint density at radius 1 is 1.27 bits per heavy atom. The molecule has 1 amide bonds. The van der Waals surface area contributed by atoms with Gasteiger partial charge in [-0.2, -0.15) is 0 Å². The molecule has 1 aromatic carbocycles. The first-order valence-electron chi connectivity index (χ1n) is 7.26. The van der Waals surface area contributed by atoms with Crippen LogP contribution in [-0.4, -0.2) is 24.7 Å². The van der Waals surface area contributed by atoms with Crippen molar-refractivity contribution in [1.29, 1.82) is 0 Å². The molecule has 2 heterocycles. The van der Waals surface area contributed by atoms with Crippen molar-refractivity contribution in [3.8, 4) is 0 Å². The van der Waals surface area contributed by atoms with Crippen molar-refractivity contribution in [1.82, 2.24) is 0 Å². The smallest absolute Gasteiger partial charge is 0.336 e. The van der Waals surface area contributed by atoms with E-state index in [1.54, 1.807) is 17.9 Å². The van der Waals surface area contributed by atoms with Crippen molar-refractivity contribution in [2.24, 2.45) is 0 Å². The fraction of sp³-hybridized carbons (Fsp3) is 0.294. The summed E-state index contributed by atoms with van der Waals surface area (Å²) in [6.07, 6.45) is 3.81. The van der Waals surface area contributed by atoms with Crippen LogP contribution in [0.2, 0.25) is 0 Å². The van der Waals surface area contributed by atoms with Gasteiger partial charge in [0, 0.05) is 23.9 Å². The lowest BCUT2D eigenvalue weighted by Gasteiger charge is -2.28. The van der Waals surface area contributed by atoms with Gasteiger partial charge in [-0.15, -0.1) is 0 Å². The Morgan fingerprint density at radius 3 is 2.73 bits per heavy atom. The summed E-state index contributed by atoms with van der Waals surface area (Å²) in [5.41, 5.74) is 1.98. The third-order valence-electron chi connectivity index (χ3n) is 3.69. The van der Waals surface area contributed by atoms with Crippen LogP contribution in [0, 0.1) is 0 Å². The Labute approximate surface area is 128 Å². The van der Waals surface area contributed by atoms with Crippen molar-refractivity contribution < 1.29 is 19.1 Å². The van der Waals surface area contributed by atoms with Gasteiger partial charge in [-0.1, -0.05) is 18.2 Å². The number of anilines is 1. The fourth-order valence-corrected chi connectivity index (χ4v) is 2.49. The number of carbonyl (C=O) groups excluding carboxylic acids is 2. The summed E-state index contributed by atoms with van der Waals surface area (Å²) < 4.78 is 10.4. The molecule has 0 spiro atoms. The molecule has 1 fully saturated rings. The molecule has 5 heteroatoms. The number of hydrogen-bond donors (Lipinski definition) is 0. The van der Waals surface area contributed by atoms with Gasteiger partial charge in [-0.25, -0.2) is 4.79 Å². The van der Waals surface area contributed by atoms with Gasteiger partial charge in [-0.05, 0) is 31.9 Å². The van der Waals surface area contributed by atoms with Gasteiger partial charge in [0.1, 0.15) is 0 Å². The average molecular weight is 299 g/mol. The molecule has 5 nitrogen and oxygen atoms in total. The zero-order valence-electron chi connectivity index (χ0n) is 12.3. The van der Waals surface area contributed by atoms with Crippen molar-refractivity contribution in [2.75, 3.05) is 11.4 Å². The summed E-state index contributed by atoms with van der Waals surface area (Å²) in [5, 5.41) is 0. The summed E-state index contributed by atoms with van der Waals surface area (Å²) in [7, 11) is 0. The molecule has 1 saturated heterocycles. The minimum absolute atomic E-state index is 0.0672. The maximum absolute atomic E-state index is 12.5. The minimum Gasteiger partial charge on any atom is -0.458 e. The lowest BCUT2D eigenvalue weighted by atomic mass is 10.0. The van der Waals surface area contributed by atoms with Crippen LogP contribution in [0.3, 0.4) is 0 Å². The van der Waals surface area contributed by atoms with E-state index in [0.29, 0.717) is 24.1 Å². The molecular formula is C17H17NO4. The largest absolute Gasteiger partial charge is 0.458 e. The monoisotopic (exact) mass is 299 g/mol. The molecule has 2 aliphatic rings. The Morgan fingerprint density at radius 2 is 2.05 bits per heavy atom. The molecule has 0 aromatic heterocycles. The summed E-state index contributed by atoms with van der Waals surface area (Å²) in [5.74, 6) is -0.452. The Bertz CT molecular complexity index is 648. The van der Waals surface area contributed by atoms with Crippen LogP contribution in [0.5, 0.6) is 0 Å². The Kier molecular flexibility index (Phi) is 3.96. The van der Waals surface area contributed by atoms with Gasteiger partial charge in [0.05, 0.1) is 11.8 Å². The van der Waals surface area contributed by atoms with Crippen LogP contribution in [0.15, 0.2) is 53.8 Å². The first kappa shape index (κ1) is 14.4. The maximum atomic E-state index is 12.5. The molecule has 3 rings (SSSR count). The van der Waals surface area contributed by atoms with Crippen LogP contribution in [0.25, 0.3) is 0 Å². The molecule has 22 heavy (non-hydrogen) atoms. The topological polar surface area (TPSA) is 55.8 Å². The van der Waals surface area contributed by atoms with Gasteiger partial charge in [0.2, 0.25) is 0 Å². The lowest BCUT2D eigenvalue weighted by molar-refractivity contribution is -0.152. The van der Waals surface area contributed by atoms with Crippen molar-refractivity contribution in [3.63, 3.8) is 0 Å². The van der Waals surface area contributed by atoms with E-state index < -0.39 is 6.29 Å². The molecule has 0 N–H and O–H groups in total. The first-order valence-corrected chi connectivity index (χ1v) is 7.26. The molecule has 1 atom stereocenters. The quantitative estimate of drug-likeness (QED) is 0.489. The highest BCUT2D eigenvalue weighted by molar-refractivity contribution is 6.06. The minimum atomic E-state index is -0.736. The third kappa shape index (κ3) is 2.88. The first-order chi connectivity index (χ1) is 10.6. The van der Waals surface area contributed by atoms with Crippen LogP contribution in [-0.2, 0) is 19.1 Å². The number of para-hydroxylation sites is 1. The van der Waals surface area contributed by atoms with Crippen LogP contribution in [0.1, 0.15) is 19.8 Å². The van der Waals surface area contributed by atoms with Crippen LogP contribution in [0.4, 0.5) is 5.69 Å². The highest BCUT2D eigenvalue weighted by Crippen LogP contribution is 2.24. The molecule has 0 aliphatic carbocycles. The maximum Gasteiger partial charge on any atom is 0.336 e. The van der Waals surface area contributed by atoms with E-state index in [1.807, 2.05) is 30.3 Å². The standard InChI is InChI=1S/C17H17NO4/c1-12-10-15(22-17(12)20)21-11-13-6-5-9-18(16(13)19)14-7-3-2-4-8-14/h2-4,7-8,10-11,15H,5-6,9H2,1H3/b13-11+. The van der Waals surface area contributed by atoms with Gasteiger partial charge in [-0.3, -0.25) is 4.79 Å². The number of cyclic esters (lactones) is 1. The highest BCUT2D eigenvalue weighted by Gasteiger charge is 2.26. The average Bonchev–Trinajstić information content (AvgIpc) is 2.86. The number of esters is 1. The van der Waals surface area contributed by atoms with Crippen molar-refractivity contribution in [3.05, 3.63) is 53.8 Å².